The third-order valence-corrected chi connectivity index (χ3v) is 3.55. The van der Waals surface area contributed by atoms with E-state index in [1.165, 1.54) is 24.3 Å². The molecule has 3 aromatic rings. The van der Waals surface area contributed by atoms with Gasteiger partial charge in [0.05, 0.1) is 4.92 Å². The lowest BCUT2D eigenvalue weighted by Gasteiger charge is -2.06. The van der Waals surface area contributed by atoms with Crippen LogP contribution in [0.25, 0.3) is 11.0 Å². The molecule has 1 aromatic heterocycles. The summed E-state index contributed by atoms with van der Waals surface area (Å²) in [5, 5.41) is 14.0. The molecule has 120 valence electrons. The Kier molecular flexibility index (Phi) is 3.83. The minimum atomic E-state index is -0.771. The first-order chi connectivity index (χ1) is 11.5. The Balaban J connectivity index is 1.96. The molecule has 3 rings (SSSR count). The number of nitro groups is 1. The number of para-hydroxylation sites is 1. The van der Waals surface area contributed by atoms with Gasteiger partial charge in [0, 0.05) is 22.7 Å². The molecule has 0 fully saturated rings. The Morgan fingerprint density at radius 1 is 1.17 bits per heavy atom. The van der Waals surface area contributed by atoms with Crippen LogP contribution in [0.5, 0.6) is 0 Å². The standard InChI is InChI=1S/C17H12N2O5/c1-10-6-7-12(9-14(10)19(22)23)18-16(20)13-8-11-4-2-3-5-15(11)24-17(13)21/h2-9H,1H3,(H,18,20). The highest BCUT2D eigenvalue weighted by molar-refractivity contribution is 6.05. The third kappa shape index (κ3) is 2.87. The van der Waals surface area contributed by atoms with Crippen molar-refractivity contribution in [1.29, 1.82) is 0 Å². The third-order valence-electron chi connectivity index (χ3n) is 3.55. The van der Waals surface area contributed by atoms with Gasteiger partial charge in [-0.1, -0.05) is 24.3 Å². The van der Waals surface area contributed by atoms with Crippen LogP contribution in [0.1, 0.15) is 15.9 Å². The van der Waals surface area contributed by atoms with E-state index in [1.807, 2.05) is 0 Å². The highest BCUT2D eigenvalue weighted by Gasteiger charge is 2.16. The second kappa shape index (κ2) is 5.96. The first kappa shape index (κ1) is 15.4. The molecule has 0 aliphatic carbocycles. The Labute approximate surface area is 135 Å². The maximum atomic E-state index is 12.3. The van der Waals surface area contributed by atoms with Gasteiger partial charge in [-0.05, 0) is 25.1 Å². The van der Waals surface area contributed by atoms with E-state index in [9.17, 15) is 19.7 Å². The van der Waals surface area contributed by atoms with Crippen molar-refractivity contribution < 1.29 is 14.1 Å². The molecule has 0 radical (unpaired) electrons. The number of hydrogen-bond acceptors (Lipinski definition) is 5. The van der Waals surface area contributed by atoms with E-state index in [0.29, 0.717) is 16.5 Å². The predicted octanol–water partition coefficient (Wildman–Crippen LogP) is 3.26. The molecule has 0 saturated heterocycles. The number of aryl methyl sites for hydroxylation is 1. The summed E-state index contributed by atoms with van der Waals surface area (Å²) in [6, 6.07) is 12.5. The van der Waals surface area contributed by atoms with E-state index in [0.717, 1.165) is 0 Å². The molecule has 1 heterocycles. The molecule has 0 bridgehead atoms. The molecule has 1 N–H and O–H groups in total. The number of hydrogen-bond donors (Lipinski definition) is 1. The van der Waals surface area contributed by atoms with Crippen LogP contribution in [0, 0.1) is 17.0 Å². The van der Waals surface area contributed by atoms with Gasteiger partial charge in [0.1, 0.15) is 11.1 Å². The number of amides is 1. The van der Waals surface area contributed by atoms with Gasteiger partial charge >= 0.3 is 5.63 Å². The summed E-state index contributed by atoms with van der Waals surface area (Å²) >= 11 is 0. The lowest BCUT2D eigenvalue weighted by Crippen LogP contribution is -2.20. The minimum Gasteiger partial charge on any atom is -0.422 e. The Hall–Kier alpha value is -3.48. The highest BCUT2D eigenvalue weighted by Crippen LogP contribution is 2.22. The van der Waals surface area contributed by atoms with Crippen LogP contribution >= 0.6 is 0 Å². The largest absolute Gasteiger partial charge is 0.422 e. The quantitative estimate of drug-likeness (QED) is 0.452. The Morgan fingerprint density at radius 3 is 2.67 bits per heavy atom. The van der Waals surface area contributed by atoms with Gasteiger partial charge in [0.25, 0.3) is 11.6 Å². The number of benzene rings is 2. The van der Waals surface area contributed by atoms with Crippen molar-refractivity contribution >= 4 is 28.3 Å². The van der Waals surface area contributed by atoms with Gasteiger partial charge in [-0.15, -0.1) is 0 Å². The van der Waals surface area contributed by atoms with Crippen molar-refractivity contribution in [3.8, 4) is 0 Å². The van der Waals surface area contributed by atoms with E-state index in [-0.39, 0.29) is 16.9 Å². The van der Waals surface area contributed by atoms with E-state index in [1.54, 1.807) is 31.2 Å². The molecular formula is C17H12N2O5. The molecule has 0 spiro atoms. The highest BCUT2D eigenvalue weighted by atomic mass is 16.6. The van der Waals surface area contributed by atoms with Crippen molar-refractivity contribution in [1.82, 2.24) is 0 Å². The van der Waals surface area contributed by atoms with Crippen LogP contribution in [-0.4, -0.2) is 10.8 Å². The van der Waals surface area contributed by atoms with Gasteiger partial charge in [-0.2, -0.15) is 0 Å². The fourth-order valence-corrected chi connectivity index (χ4v) is 2.30. The van der Waals surface area contributed by atoms with Crippen molar-refractivity contribution in [3.63, 3.8) is 0 Å². The molecule has 0 unspecified atom stereocenters. The van der Waals surface area contributed by atoms with Crippen LogP contribution in [0.2, 0.25) is 0 Å². The molecule has 0 saturated carbocycles. The zero-order valence-corrected chi connectivity index (χ0v) is 12.6. The molecule has 0 atom stereocenters. The monoisotopic (exact) mass is 324 g/mol. The maximum Gasteiger partial charge on any atom is 0.349 e. The number of carbonyl (C=O) groups is 1. The van der Waals surface area contributed by atoms with E-state index < -0.39 is 16.5 Å². The summed E-state index contributed by atoms with van der Waals surface area (Å²) < 4.78 is 5.11. The number of nitrogens with one attached hydrogen (secondary N) is 1. The van der Waals surface area contributed by atoms with E-state index in [2.05, 4.69) is 5.32 Å². The number of fused-ring (bicyclic) bond motifs is 1. The van der Waals surface area contributed by atoms with Gasteiger partial charge < -0.3 is 9.73 Å². The average Bonchev–Trinajstić information content (AvgIpc) is 2.55. The van der Waals surface area contributed by atoms with Gasteiger partial charge in [-0.25, -0.2) is 4.79 Å². The van der Waals surface area contributed by atoms with Gasteiger partial charge in [-0.3, -0.25) is 14.9 Å². The summed E-state index contributed by atoms with van der Waals surface area (Å²) in [4.78, 5) is 34.7. The second-order valence-electron chi connectivity index (χ2n) is 5.20. The number of nitro benzene ring substituents is 1. The summed E-state index contributed by atoms with van der Waals surface area (Å²) in [7, 11) is 0. The molecular weight excluding hydrogens is 312 g/mol. The molecule has 7 nitrogen and oxygen atoms in total. The minimum absolute atomic E-state index is 0.113. The van der Waals surface area contributed by atoms with Gasteiger partial charge in [0.15, 0.2) is 0 Å². The van der Waals surface area contributed by atoms with E-state index >= 15 is 0 Å². The molecule has 0 aliphatic heterocycles. The van der Waals surface area contributed by atoms with Crippen LogP contribution in [0.3, 0.4) is 0 Å². The average molecular weight is 324 g/mol. The SMILES string of the molecule is Cc1ccc(NC(=O)c2cc3ccccc3oc2=O)cc1[N+](=O)[O-]. The van der Waals surface area contributed by atoms with Gasteiger partial charge in [0.2, 0.25) is 0 Å². The number of rotatable bonds is 3. The zero-order chi connectivity index (χ0) is 17.3. The first-order valence-corrected chi connectivity index (χ1v) is 7.05. The van der Waals surface area contributed by atoms with E-state index in [4.69, 9.17) is 4.42 Å². The van der Waals surface area contributed by atoms with Crippen LogP contribution in [-0.2, 0) is 0 Å². The lowest BCUT2D eigenvalue weighted by atomic mass is 10.1. The molecule has 0 aliphatic rings. The van der Waals surface area contributed by atoms with Crippen molar-refractivity contribution in [2.45, 2.75) is 6.92 Å². The molecule has 7 heteroatoms. The summed E-state index contributed by atoms with van der Waals surface area (Å²) in [5.41, 5.74) is 0.0289. The summed E-state index contributed by atoms with van der Waals surface area (Å²) in [6.07, 6.45) is 0. The number of anilines is 1. The Morgan fingerprint density at radius 2 is 1.92 bits per heavy atom. The topological polar surface area (TPSA) is 102 Å². The van der Waals surface area contributed by atoms with Crippen LogP contribution in [0.15, 0.2) is 57.7 Å². The van der Waals surface area contributed by atoms with Crippen molar-refractivity contribution in [3.05, 3.63) is 80.2 Å². The van der Waals surface area contributed by atoms with Crippen molar-refractivity contribution in [2.75, 3.05) is 5.32 Å². The smallest absolute Gasteiger partial charge is 0.349 e. The number of nitrogens with zero attached hydrogens (tertiary/aromatic N) is 1. The maximum absolute atomic E-state index is 12.3. The fraction of sp³-hybridized carbons (Fsp3) is 0.0588. The first-order valence-electron chi connectivity index (χ1n) is 7.05. The van der Waals surface area contributed by atoms with Crippen LogP contribution < -0.4 is 10.9 Å². The summed E-state index contributed by atoms with van der Waals surface area (Å²) in [5.74, 6) is -0.687. The second-order valence-corrected chi connectivity index (χ2v) is 5.20. The normalized spacial score (nSPS) is 10.5. The fourth-order valence-electron chi connectivity index (χ4n) is 2.30. The molecule has 1 amide bonds. The zero-order valence-electron chi connectivity index (χ0n) is 12.6. The summed E-state index contributed by atoms with van der Waals surface area (Å²) in [6.45, 7) is 1.60. The molecule has 24 heavy (non-hydrogen) atoms. The van der Waals surface area contributed by atoms with Crippen molar-refractivity contribution in [2.24, 2.45) is 0 Å². The number of carbonyl (C=O) groups excluding carboxylic acids is 1. The molecule has 2 aromatic carbocycles. The predicted molar refractivity (Wildman–Crippen MR) is 88.3 cm³/mol. The van der Waals surface area contributed by atoms with Crippen LogP contribution in [0.4, 0.5) is 11.4 Å². The lowest BCUT2D eigenvalue weighted by molar-refractivity contribution is -0.385. The Bertz CT molecular complexity index is 1020.